The number of anilines is 1. The van der Waals surface area contributed by atoms with Crippen molar-refractivity contribution in [2.24, 2.45) is 0 Å². The van der Waals surface area contributed by atoms with Gasteiger partial charge in [0.2, 0.25) is 5.95 Å². The fourth-order valence-corrected chi connectivity index (χ4v) is 3.23. The minimum Gasteiger partial charge on any atom is -0.268 e. The number of nitrogens with one attached hydrogen (secondary N) is 2. The van der Waals surface area contributed by atoms with Gasteiger partial charge in [-0.05, 0) is 42.0 Å². The first-order valence-electron chi connectivity index (χ1n) is 7.07. The average molecular weight is 401 g/mol. The van der Waals surface area contributed by atoms with Crippen molar-refractivity contribution in [3.8, 4) is 10.4 Å². The molecule has 0 aliphatic rings. The predicted molar refractivity (Wildman–Crippen MR) is 100 cm³/mol. The third-order valence-electron chi connectivity index (χ3n) is 3.00. The van der Waals surface area contributed by atoms with E-state index in [-0.39, 0.29) is 5.91 Å². The maximum atomic E-state index is 11.8. The molecule has 120 valence electrons. The second-order valence-electron chi connectivity index (χ2n) is 4.73. The molecule has 0 atom stereocenters. The molecule has 2 N–H and O–H groups in total. The van der Waals surface area contributed by atoms with Crippen molar-refractivity contribution in [1.82, 2.24) is 15.4 Å². The Kier molecular flexibility index (Phi) is 5.35. The van der Waals surface area contributed by atoms with Gasteiger partial charge in [-0.2, -0.15) is 0 Å². The highest BCUT2D eigenvalue weighted by atomic mass is 79.9. The van der Waals surface area contributed by atoms with Gasteiger partial charge in [-0.1, -0.05) is 28.1 Å². The van der Waals surface area contributed by atoms with Gasteiger partial charge in [0.05, 0.1) is 0 Å². The van der Waals surface area contributed by atoms with Gasteiger partial charge in [-0.3, -0.25) is 15.6 Å². The van der Waals surface area contributed by atoms with Gasteiger partial charge in [-0.25, -0.2) is 9.97 Å². The Morgan fingerprint density at radius 3 is 2.75 bits per heavy atom. The molecule has 0 saturated heterocycles. The van der Waals surface area contributed by atoms with Crippen molar-refractivity contribution in [1.29, 1.82) is 0 Å². The van der Waals surface area contributed by atoms with E-state index < -0.39 is 0 Å². The van der Waals surface area contributed by atoms with Crippen molar-refractivity contribution in [2.75, 3.05) is 5.43 Å². The standard InChI is InChI=1S/C17H13BrN4OS/c18-13-4-1-3-12(11-13)15-7-5-14(24-15)6-8-16(23)21-22-17-19-9-2-10-20-17/h1-11H,(H,21,23)(H,19,20,22)/b8-6+. The van der Waals surface area contributed by atoms with Crippen LogP contribution in [-0.2, 0) is 4.79 Å². The number of benzene rings is 1. The lowest BCUT2D eigenvalue weighted by Gasteiger charge is -2.02. The highest BCUT2D eigenvalue weighted by Gasteiger charge is 2.02. The van der Waals surface area contributed by atoms with Gasteiger partial charge in [0.25, 0.3) is 5.91 Å². The number of aromatic nitrogens is 2. The first-order valence-corrected chi connectivity index (χ1v) is 8.68. The summed E-state index contributed by atoms with van der Waals surface area (Å²) in [5.41, 5.74) is 6.30. The molecule has 2 heterocycles. The van der Waals surface area contributed by atoms with Crippen LogP contribution in [-0.4, -0.2) is 15.9 Å². The van der Waals surface area contributed by atoms with Crippen LogP contribution in [0.1, 0.15) is 4.88 Å². The zero-order valence-corrected chi connectivity index (χ0v) is 14.8. The molecule has 0 aliphatic heterocycles. The molecule has 3 rings (SSSR count). The van der Waals surface area contributed by atoms with E-state index >= 15 is 0 Å². The van der Waals surface area contributed by atoms with Crippen LogP contribution in [0.5, 0.6) is 0 Å². The number of nitrogens with zero attached hydrogens (tertiary/aromatic N) is 2. The van der Waals surface area contributed by atoms with E-state index in [4.69, 9.17) is 0 Å². The number of hydrazine groups is 1. The van der Waals surface area contributed by atoms with Crippen molar-refractivity contribution >= 4 is 45.2 Å². The lowest BCUT2D eigenvalue weighted by molar-refractivity contribution is -0.116. The zero-order valence-electron chi connectivity index (χ0n) is 12.4. The molecule has 24 heavy (non-hydrogen) atoms. The van der Waals surface area contributed by atoms with E-state index in [1.165, 1.54) is 6.08 Å². The summed E-state index contributed by atoms with van der Waals surface area (Å²) in [4.78, 5) is 21.8. The van der Waals surface area contributed by atoms with Gasteiger partial charge in [0.15, 0.2) is 0 Å². The number of halogens is 1. The number of hydrogen-bond donors (Lipinski definition) is 2. The molecule has 0 radical (unpaired) electrons. The molecular weight excluding hydrogens is 388 g/mol. The summed E-state index contributed by atoms with van der Waals surface area (Å²) in [6, 6.07) is 13.8. The summed E-state index contributed by atoms with van der Waals surface area (Å²) in [6.45, 7) is 0. The summed E-state index contributed by atoms with van der Waals surface area (Å²) >= 11 is 5.09. The molecule has 2 aromatic heterocycles. The van der Waals surface area contributed by atoms with Crippen LogP contribution >= 0.6 is 27.3 Å². The van der Waals surface area contributed by atoms with Crippen molar-refractivity contribution < 1.29 is 4.79 Å². The van der Waals surface area contributed by atoms with E-state index in [1.807, 2.05) is 24.3 Å². The van der Waals surface area contributed by atoms with Crippen LogP contribution in [0, 0.1) is 0 Å². The number of amides is 1. The second kappa shape index (κ2) is 7.85. The smallest absolute Gasteiger partial charge is 0.262 e. The van der Waals surface area contributed by atoms with Gasteiger partial charge >= 0.3 is 0 Å². The van der Waals surface area contributed by atoms with Gasteiger partial charge < -0.3 is 0 Å². The number of rotatable bonds is 5. The van der Waals surface area contributed by atoms with E-state index in [1.54, 1.807) is 35.9 Å². The molecule has 0 saturated carbocycles. The molecule has 0 unspecified atom stereocenters. The lowest BCUT2D eigenvalue weighted by atomic mass is 10.2. The Labute approximate surface area is 151 Å². The molecule has 3 aromatic rings. The van der Waals surface area contributed by atoms with Crippen molar-refractivity contribution in [3.05, 3.63) is 70.3 Å². The summed E-state index contributed by atoms with van der Waals surface area (Å²) in [7, 11) is 0. The highest BCUT2D eigenvalue weighted by Crippen LogP contribution is 2.30. The van der Waals surface area contributed by atoms with Gasteiger partial charge in [0.1, 0.15) is 0 Å². The molecule has 1 amide bonds. The Hall–Kier alpha value is -2.51. The molecule has 5 nitrogen and oxygen atoms in total. The van der Waals surface area contributed by atoms with Crippen LogP contribution in [0.25, 0.3) is 16.5 Å². The van der Waals surface area contributed by atoms with Gasteiger partial charge in [0, 0.05) is 32.7 Å². The van der Waals surface area contributed by atoms with Crippen LogP contribution in [0.4, 0.5) is 5.95 Å². The average Bonchev–Trinajstić information content (AvgIpc) is 3.08. The largest absolute Gasteiger partial charge is 0.268 e. The summed E-state index contributed by atoms with van der Waals surface area (Å²) in [5, 5.41) is 0. The topological polar surface area (TPSA) is 66.9 Å². The Balaban J connectivity index is 1.59. The summed E-state index contributed by atoms with van der Waals surface area (Å²) in [6.07, 6.45) is 6.42. The van der Waals surface area contributed by atoms with E-state index in [9.17, 15) is 4.79 Å². The quantitative estimate of drug-likeness (QED) is 0.499. The highest BCUT2D eigenvalue weighted by molar-refractivity contribution is 9.10. The maximum absolute atomic E-state index is 11.8. The first kappa shape index (κ1) is 16.4. The monoisotopic (exact) mass is 400 g/mol. The van der Waals surface area contributed by atoms with Crippen molar-refractivity contribution in [3.63, 3.8) is 0 Å². The zero-order chi connectivity index (χ0) is 16.8. The maximum Gasteiger partial charge on any atom is 0.262 e. The van der Waals surface area contributed by atoms with Crippen LogP contribution in [0.3, 0.4) is 0 Å². The van der Waals surface area contributed by atoms with Gasteiger partial charge in [-0.15, -0.1) is 11.3 Å². The van der Waals surface area contributed by atoms with E-state index in [0.29, 0.717) is 5.95 Å². The Bertz CT molecular complexity index is 864. The lowest BCUT2D eigenvalue weighted by Crippen LogP contribution is -2.28. The minimum absolute atomic E-state index is 0.278. The second-order valence-corrected chi connectivity index (χ2v) is 6.76. The Morgan fingerprint density at radius 2 is 1.96 bits per heavy atom. The summed E-state index contributed by atoms with van der Waals surface area (Å²) < 4.78 is 1.04. The molecular formula is C17H13BrN4OS. The normalized spacial score (nSPS) is 10.7. The first-order chi connectivity index (χ1) is 11.7. The number of carbonyl (C=O) groups excluding carboxylic acids is 1. The van der Waals surface area contributed by atoms with Crippen molar-refractivity contribution in [2.45, 2.75) is 0 Å². The molecule has 0 aliphatic carbocycles. The fraction of sp³-hybridized carbons (Fsp3) is 0. The third kappa shape index (κ3) is 4.50. The third-order valence-corrected chi connectivity index (χ3v) is 4.59. The number of thiophene rings is 1. The number of carbonyl (C=O) groups is 1. The van der Waals surface area contributed by atoms with E-state index in [2.05, 4.69) is 48.9 Å². The molecule has 0 bridgehead atoms. The number of hydrogen-bond acceptors (Lipinski definition) is 5. The Morgan fingerprint density at radius 1 is 1.12 bits per heavy atom. The molecule has 7 heteroatoms. The van der Waals surface area contributed by atoms with Crippen LogP contribution < -0.4 is 10.9 Å². The van der Waals surface area contributed by atoms with Crippen LogP contribution in [0.2, 0.25) is 0 Å². The minimum atomic E-state index is -0.278. The predicted octanol–water partition coefficient (Wildman–Crippen LogP) is 4.12. The summed E-state index contributed by atoms with van der Waals surface area (Å²) in [5.74, 6) is 0.0622. The molecule has 0 fully saturated rings. The molecule has 0 spiro atoms. The van der Waals surface area contributed by atoms with Crippen LogP contribution in [0.15, 0.2) is 65.4 Å². The molecule has 1 aromatic carbocycles. The van der Waals surface area contributed by atoms with E-state index in [0.717, 1.165) is 19.8 Å². The fourth-order valence-electron chi connectivity index (χ4n) is 1.92. The SMILES string of the molecule is O=C(/C=C/c1ccc(-c2cccc(Br)c2)s1)NNc1ncccn1.